The molecular formula is C24H30N2O. The molecule has 0 amide bonds. The van der Waals surface area contributed by atoms with Crippen LogP contribution >= 0.6 is 0 Å². The van der Waals surface area contributed by atoms with Gasteiger partial charge in [0, 0.05) is 39.1 Å². The zero-order chi connectivity index (χ0) is 18.1. The van der Waals surface area contributed by atoms with Gasteiger partial charge in [0.15, 0.2) is 0 Å². The van der Waals surface area contributed by atoms with E-state index in [1.54, 1.807) is 0 Å². The maximum Gasteiger partial charge on any atom is 0.143 e. The van der Waals surface area contributed by atoms with Crippen molar-refractivity contribution in [3.63, 3.8) is 0 Å². The van der Waals surface area contributed by atoms with Gasteiger partial charge in [-0.3, -0.25) is 4.90 Å². The van der Waals surface area contributed by atoms with E-state index in [1.165, 1.54) is 30.6 Å². The minimum absolute atomic E-state index is 0.0155. The molecule has 2 fully saturated rings. The van der Waals surface area contributed by atoms with Gasteiger partial charge >= 0.3 is 0 Å². The Bertz CT molecular complexity index is 763. The van der Waals surface area contributed by atoms with Crippen LogP contribution in [-0.2, 0) is 6.54 Å². The van der Waals surface area contributed by atoms with Gasteiger partial charge in [-0.25, -0.2) is 0 Å². The number of likely N-dealkylation sites (tertiary alicyclic amines) is 1. The number of hydrogen-bond acceptors (Lipinski definition) is 3. The van der Waals surface area contributed by atoms with Crippen LogP contribution in [0.5, 0.6) is 5.75 Å². The van der Waals surface area contributed by atoms with Crippen LogP contribution in [0.2, 0.25) is 0 Å². The quantitative estimate of drug-likeness (QED) is 0.783. The maximum atomic E-state index is 6.75. The first-order valence-electron chi connectivity index (χ1n) is 10.6. The summed E-state index contributed by atoms with van der Waals surface area (Å²) in [7, 11) is 0. The second-order valence-electron chi connectivity index (χ2n) is 8.65. The summed E-state index contributed by atoms with van der Waals surface area (Å²) in [5, 5.41) is 0. The van der Waals surface area contributed by atoms with E-state index in [0.29, 0.717) is 0 Å². The Morgan fingerprint density at radius 3 is 2.33 bits per heavy atom. The Morgan fingerprint density at radius 2 is 1.56 bits per heavy atom. The van der Waals surface area contributed by atoms with Gasteiger partial charge in [-0.1, -0.05) is 42.5 Å². The monoisotopic (exact) mass is 362 g/mol. The van der Waals surface area contributed by atoms with Crippen LogP contribution in [0.15, 0.2) is 54.6 Å². The molecule has 27 heavy (non-hydrogen) atoms. The molecule has 0 unspecified atom stereocenters. The van der Waals surface area contributed by atoms with Gasteiger partial charge in [0.1, 0.15) is 11.4 Å². The maximum absolute atomic E-state index is 6.75. The van der Waals surface area contributed by atoms with Crippen LogP contribution in [0.25, 0.3) is 0 Å². The lowest BCUT2D eigenvalue weighted by atomic mass is 9.87. The van der Waals surface area contributed by atoms with Crippen molar-refractivity contribution in [2.24, 2.45) is 5.92 Å². The molecule has 3 nitrogen and oxygen atoms in total. The molecule has 2 heterocycles. The van der Waals surface area contributed by atoms with Gasteiger partial charge < -0.3 is 9.64 Å². The molecule has 1 saturated heterocycles. The minimum Gasteiger partial charge on any atom is -0.485 e. The Morgan fingerprint density at radius 1 is 0.852 bits per heavy atom. The highest BCUT2D eigenvalue weighted by atomic mass is 16.5. The number of fused-ring (bicyclic) bond motifs is 1. The van der Waals surface area contributed by atoms with Crippen LogP contribution in [0.1, 0.15) is 37.7 Å². The first-order chi connectivity index (χ1) is 13.3. The zero-order valence-corrected chi connectivity index (χ0v) is 16.1. The lowest BCUT2D eigenvalue weighted by Crippen LogP contribution is -2.48. The molecule has 0 aromatic heterocycles. The summed E-state index contributed by atoms with van der Waals surface area (Å²) in [6.07, 6.45) is 6.21. The molecule has 2 aromatic carbocycles. The van der Waals surface area contributed by atoms with Crippen LogP contribution < -0.4 is 9.64 Å². The highest BCUT2D eigenvalue weighted by molar-refractivity contribution is 5.59. The van der Waals surface area contributed by atoms with Crippen LogP contribution in [-0.4, -0.2) is 36.7 Å². The SMILES string of the molecule is c1ccc(CN2CCC3(CC2)CCN(CC2CC2)c2ccccc2O3)cc1. The van der Waals surface area contributed by atoms with Gasteiger partial charge in [-0.15, -0.1) is 0 Å². The predicted octanol–water partition coefficient (Wildman–Crippen LogP) is 4.72. The van der Waals surface area contributed by atoms with Crippen molar-refractivity contribution in [1.82, 2.24) is 4.90 Å². The van der Waals surface area contributed by atoms with Crippen LogP contribution in [0.3, 0.4) is 0 Å². The second-order valence-corrected chi connectivity index (χ2v) is 8.65. The fourth-order valence-corrected chi connectivity index (χ4v) is 4.66. The summed E-state index contributed by atoms with van der Waals surface area (Å²) in [5.74, 6) is 2.01. The zero-order valence-electron chi connectivity index (χ0n) is 16.1. The van der Waals surface area contributed by atoms with Crippen molar-refractivity contribution in [2.75, 3.05) is 31.1 Å². The minimum atomic E-state index is 0.0155. The van der Waals surface area contributed by atoms with E-state index in [4.69, 9.17) is 4.74 Å². The lowest BCUT2D eigenvalue weighted by Gasteiger charge is -2.41. The number of rotatable bonds is 4. The molecule has 5 rings (SSSR count). The average Bonchev–Trinajstić information content (AvgIpc) is 3.53. The van der Waals surface area contributed by atoms with E-state index in [1.807, 2.05) is 0 Å². The third-order valence-corrected chi connectivity index (χ3v) is 6.56. The third kappa shape index (κ3) is 3.84. The van der Waals surface area contributed by atoms with Crippen molar-refractivity contribution in [3.05, 3.63) is 60.2 Å². The normalized spacial score (nSPS) is 22.1. The molecule has 2 aromatic rings. The third-order valence-electron chi connectivity index (χ3n) is 6.56. The Kier molecular flexibility index (Phi) is 4.56. The molecule has 1 spiro atoms. The Hall–Kier alpha value is -2.00. The molecule has 1 aliphatic carbocycles. The van der Waals surface area contributed by atoms with Gasteiger partial charge in [-0.05, 0) is 49.3 Å². The van der Waals surface area contributed by atoms with Crippen LogP contribution in [0, 0.1) is 5.92 Å². The molecular weight excluding hydrogens is 332 g/mol. The van der Waals surface area contributed by atoms with Crippen LogP contribution in [0.4, 0.5) is 5.69 Å². The van der Waals surface area contributed by atoms with E-state index >= 15 is 0 Å². The first-order valence-corrected chi connectivity index (χ1v) is 10.6. The molecule has 3 aliphatic rings. The van der Waals surface area contributed by atoms with E-state index < -0.39 is 0 Å². The second kappa shape index (κ2) is 7.20. The highest BCUT2D eigenvalue weighted by Crippen LogP contribution is 2.42. The summed E-state index contributed by atoms with van der Waals surface area (Å²) in [5.41, 5.74) is 2.74. The molecule has 2 aliphatic heterocycles. The Balaban J connectivity index is 1.28. The lowest BCUT2D eigenvalue weighted by molar-refractivity contribution is -0.00225. The predicted molar refractivity (Wildman–Crippen MR) is 110 cm³/mol. The summed E-state index contributed by atoms with van der Waals surface area (Å²) in [6.45, 7) is 5.64. The van der Waals surface area contributed by atoms with Gasteiger partial charge in [0.25, 0.3) is 0 Å². The highest BCUT2D eigenvalue weighted by Gasteiger charge is 2.40. The van der Waals surface area contributed by atoms with Crippen molar-refractivity contribution < 1.29 is 4.74 Å². The number of piperidine rings is 1. The smallest absolute Gasteiger partial charge is 0.143 e. The molecule has 0 radical (unpaired) electrons. The van der Waals surface area contributed by atoms with Gasteiger partial charge in [-0.2, -0.15) is 0 Å². The molecule has 0 N–H and O–H groups in total. The number of hydrogen-bond donors (Lipinski definition) is 0. The number of nitrogens with zero attached hydrogens (tertiary/aromatic N) is 2. The Labute approximate surface area is 162 Å². The largest absolute Gasteiger partial charge is 0.485 e. The van der Waals surface area contributed by atoms with Crippen molar-refractivity contribution >= 4 is 5.69 Å². The number of ether oxygens (including phenoxy) is 1. The van der Waals surface area contributed by atoms with E-state index in [-0.39, 0.29) is 5.60 Å². The summed E-state index contributed by atoms with van der Waals surface area (Å²) < 4.78 is 6.75. The molecule has 0 bridgehead atoms. The van der Waals surface area contributed by atoms with Crippen molar-refractivity contribution in [1.29, 1.82) is 0 Å². The fourth-order valence-electron chi connectivity index (χ4n) is 4.66. The summed E-state index contributed by atoms with van der Waals surface area (Å²) in [4.78, 5) is 5.18. The average molecular weight is 363 g/mol. The standard InChI is InChI=1S/C24H30N2O/c1-2-6-20(7-3-1)18-25-15-12-24(13-16-25)14-17-26(19-21-10-11-21)22-8-4-5-9-23(22)27-24/h1-9,21H,10-19H2. The van der Waals surface area contributed by atoms with E-state index in [0.717, 1.165) is 57.1 Å². The fraction of sp³-hybridized carbons (Fsp3) is 0.500. The molecule has 3 heteroatoms. The number of benzene rings is 2. The number of para-hydroxylation sites is 2. The van der Waals surface area contributed by atoms with E-state index in [2.05, 4.69) is 64.4 Å². The van der Waals surface area contributed by atoms with Crippen molar-refractivity contribution in [2.45, 2.75) is 44.2 Å². The first kappa shape index (κ1) is 17.1. The molecule has 0 atom stereocenters. The molecule has 1 saturated carbocycles. The van der Waals surface area contributed by atoms with Crippen molar-refractivity contribution in [3.8, 4) is 5.75 Å². The van der Waals surface area contributed by atoms with E-state index in [9.17, 15) is 0 Å². The summed E-state index contributed by atoms with van der Waals surface area (Å²) >= 11 is 0. The molecule has 142 valence electrons. The summed E-state index contributed by atoms with van der Waals surface area (Å²) in [6, 6.07) is 19.6. The topological polar surface area (TPSA) is 15.7 Å². The van der Waals surface area contributed by atoms with Gasteiger partial charge in [0.05, 0.1) is 5.69 Å². The number of anilines is 1. The van der Waals surface area contributed by atoms with Gasteiger partial charge in [0.2, 0.25) is 0 Å².